The molecule has 0 spiro atoms. The van der Waals surface area contributed by atoms with Crippen molar-refractivity contribution in [3.8, 4) is 11.8 Å². The van der Waals surface area contributed by atoms with Gasteiger partial charge in [0.2, 0.25) is 0 Å². The minimum absolute atomic E-state index is 0.00388. The van der Waals surface area contributed by atoms with Gasteiger partial charge in [-0.05, 0) is 35.7 Å². The maximum Gasteiger partial charge on any atom is 0.387 e. The number of nitrogens with one attached hydrogen (secondary N) is 1. The predicted octanol–water partition coefficient (Wildman–Crippen LogP) is 3.85. The van der Waals surface area contributed by atoms with E-state index < -0.39 is 6.61 Å². The highest BCUT2D eigenvalue weighted by molar-refractivity contribution is 5.94. The monoisotopic (exact) mass is 369 g/mol. The summed E-state index contributed by atoms with van der Waals surface area (Å²) in [5.41, 5.74) is 3.34. The van der Waals surface area contributed by atoms with Gasteiger partial charge in [-0.3, -0.25) is 4.98 Å². The van der Waals surface area contributed by atoms with Crippen molar-refractivity contribution in [1.82, 2.24) is 4.98 Å². The molecule has 0 atom stereocenters. The minimum atomic E-state index is -2.92. The number of alkyl halides is 2. The molecule has 0 bridgehead atoms. The van der Waals surface area contributed by atoms with Crippen molar-refractivity contribution >= 4 is 16.6 Å². The zero-order valence-corrected chi connectivity index (χ0v) is 14.3. The van der Waals surface area contributed by atoms with Crippen molar-refractivity contribution in [1.29, 1.82) is 5.26 Å². The number of aliphatic hydroxyl groups excluding tert-OH is 1. The molecule has 0 radical (unpaired) electrons. The van der Waals surface area contributed by atoms with E-state index in [0.717, 1.165) is 11.1 Å². The van der Waals surface area contributed by atoms with Gasteiger partial charge < -0.3 is 15.2 Å². The van der Waals surface area contributed by atoms with E-state index in [1.54, 1.807) is 6.07 Å². The van der Waals surface area contributed by atoms with Crippen molar-refractivity contribution in [3.63, 3.8) is 0 Å². The molecule has 2 N–H and O–H groups in total. The first-order valence-corrected chi connectivity index (χ1v) is 8.31. The molecule has 138 valence electrons. The molecule has 27 heavy (non-hydrogen) atoms. The van der Waals surface area contributed by atoms with Gasteiger partial charge in [0, 0.05) is 18.1 Å². The van der Waals surface area contributed by atoms with Gasteiger partial charge in [0.25, 0.3) is 0 Å². The molecule has 0 fully saturated rings. The number of pyridine rings is 1. The first-order chi connectivity index (χ1) is 13.1. The zero-order valence-electron chi connectivity index (χ0n) is 14.3. The molecule has 1 aromatic heterocycles. The summed E-state index contributed by atoms with van der Waals surface area (Å²) in [4.78, 5) is 4.19. The number of aromatic nitrogens is 1. The fourth-order valence-corrected chi connectivity index (χ4v) is 2.77. The number of aliphatic hydroxyl groups is 1. The van der Waals surface area contributed by atoms with Crippen LogP contribution in [0.3, 0.4) is 0 Å². The van der Waals surface area contributed by atoms with Crippen molar-refractivity contribution in [2.45, 2.75) is 19.6 Å². The number of benzene rings is 2. The minimum Gasteiger partial charge on any atom is -0.435 e. The largest absolute Gasteiger partial charge is 0.435 e. The fraction of sp³-hybridized carbons (Fsp3) is 0.200. The van der Waals surface area contributed by atoms with Crippen molar-refractivity contribution in [2.24, 2.45) is 0 Å². The predicted molar refractivity (Wildman–Crippen MR) is 97.6 cm³/mol. The lowest BCUT2D eigenvalue weighted by Crippen LogP contribution is -2.08. The number of ether oxygens (including phenoxy) is 1. The summed E-state index contributed by atoms with van der Waals surface area (Å²) in [6, 6.07) is 14.1. The average molecular weight is 369 g/mol. The van der Waals surface area contributed by atoms with Gasteiger partial charge in [0.05, 0.1) is 23.4 Å². The third kappa shape index (κ3) is 4.49. The number of hydrogen-bond donors (Lipinski definition) is 2. The summed E-state index contributed by atoms with van der Waals surface area (Å²) in [5.74, 6) is 0.0111. The van der Waals surface area contributed by atoms with Crippen LogP contribution in [0.25, 0.3) is 10.9 Å². The molecule has 3 aromatic rings. The van der Waals surface area contributed by atoms with E-state index in [1.807, 2.05) is 24.3 Å². The highest BCUT2D eigenvalue weighted by Crippen LogP contribution is 2.29. The smallest absolute Gasteiger partial charge is 0.387 e. The standard InChI is InChI=1S/C20H17F2N3O2/c21-20(22)27-16-5-6-18-17(9-16)19(15(10-23)11-25-18)24-8-7-13-1-3-14(12-26)4-2-13/h1-6,9,11,20,26H,7-8,12H2,(H,24,25). The Kier molecular flexibility index (Phi) is 5.79. The van der Waals surface area contributed by atoms with Gasteiger partial charge in [0.1, 0.15) is 11.8 Å². The molecule has 0 unspecified atom stereocenters. The number of rotatable bonds is 7. The summed E-state index contributed by atoms with van der Waals surface area (Å²) in [5, 5.41) is 22.2. The Morgan fingerprint density at radius 2 is 1.89 bits per heavy atom. The van der Waals surface area contributed by atoms with Gasteiger partial charge >= 0.3 is 6.61 Å². The Balaban J connectivity index is 1.83. The van der Waals surface area contributed by atoms with E-state index in [2.05, 4.69) is 21.1 Å². The second-order valence-corrected chi connectivity index (χ2v) is 5.87. The molecule has 0 aliphatic rings. The Morgan fingerprint density at radius 3 is 2.56 bits per heavy atom. The summed E-state index contributed by atoms with van der Waals surface area (Å²) in [7, 11) is 0. The Morgan fingerprint density at radius 1 is 1.15 bits per heavy atom. The Bertz CT molecular complexity index is 969. The average Bonchev–Trinajstić information content (AvgIpc) is 2.68. The van der Waals surface area contributed by atoms with E-state index >= 15 is 0 Å². The lowest BCUT2D eigenvalue weighted by Gasteiger charge is -2.13. The SMILES string of the molecule is N#Cc1cnc2ccc(OC(F)F)cc2c1NCCc1ccc(CO)cc1. The second kappa shape index (κ2) is 8.43. The van der Waals surface area contributed by atoms with Crippen molar-refractivity contribution in [3.05, 3.63) is 65.4 Å². The molecule has 1 heterocycles. The molecule has 2 aromatic carbocycles. The number of fused-ring (bicyclic) bond motifs is 1. The van der Waals surface area contributed by atoms with Crippen molar-refractivity contribution in [2.75, 3.05) is 11.9 Å². The molecule has 0 aliphatic heterocycles. The molecule has 7 heteroatoms. The molecule has 0 saturated carbocycles. The van der Waals surface area contributed by atoms with Crippen LogP contribution in [0, 0.1) is 11.3 Å². The molecule has 0 amide bonds. The van der Waals surface area contributed by atoms with E-state index in [-0.39, 0.29) is 12.4 Å². The summed E-state index contributed by atoms with van der Waals surface area (Å²) in [6.07, 6.45) is 2.14. The van der Waals surface area contributed by atoms with E-state index in [9.17, 15) is 14.0 Å². The number of nitriles is 1. The highest BCUT2D eigenvalue weighted by Gasteiger charge is 2.11. The van der Waals surface area contributed by atoms with Crippen LogP contribution < -0.4 is 10.1 Å². The normalized spacial score (nSPS) is 10.8. The quantitative estimate of drug-likeness (QED) is 0.661. The number of anilines is 1. The van der Waals surface area contributed by atoms with Crippen LogP contribution in [0.5, 0.6) is 5.75 Å². The number of hydrogen-bond acceptors (Lipinski definition) is 5. The molecular weight excluding hydrogens is 352 g/mol. The van der Waals surface area contributed by atoms with Gasteiger partial charge in [-0.2, -0.15) is 14.0 Å². The third-order valence-corrected chi connectivity index (χ3v) is 4.11. The van der Waals surface area contributed by atoms with Gasteiger partial charge in [-0.15, -0.1) is 0 Å². The van der Waals surface area contributed by atoms with Crippen molar-refractivity contribution < 1.29 is 18.6 Å². The van der Waals surface area contributed by atoms with Crippen LogP contribution in [0.4, 0.5) is 14.5 Å². The van der Waals surface area contributed by atoms with Crippen LogP contribution in [0.1, 0.15) is 16.7 Å². The van der Waals surface area contributed by atoms with E-state index in [1.165, 1.54) is 18.3 Å². The summed E-state index contributed by atoms with van der Waals surface area (Å²) in [6.45, 7) is -2.39. The maximum absolute atomic E-state index is 12.5. The molecule has 0 aliphatic carbocycles. The zero-order chi connectivity index (χ0) is 19.2. The molecule has 0 saturated heterocycles. The molecule has 3 rings (SSSR count). The molecular formula is C20H17F2N3O2. The summed E-state index contributed by atoms with van der Waals surface area (Å²) >= 11 is 0. The third-order valence-electron chi connectivity index (χ3n) is 4.11. The molecule has 5 nitrogen and oxygen atoms in total. The topological polar surface area (TPSA) is 78.2 Å². The van der Waals surface area contributed by atoms with Gasteiger partial charge in [0.15, 0.2) is 0 Å². The highest BCUT2D eigenvalue weighted by atomic mass is 19.3. The fourth-order valence-electron chi connectivity index (χ4n) is 2.77. The van der Waals surface area contributed by atoms with Crippen LogP contribution in [0.15, 0.2) is 48.7 Å². The lowest BCUT2D eigenvalue weighted by atomic mass is 10.1. The van der Waals surface area contributed by atoms with Gasteiger partial charge in [-0.25, -0.2) is 0 Å². The number of nitrogens with zero attached hydrogens (tertiary/aromatic N) is 2. The van der Waals surface area contributed by atoms with Crippen LogP contribution in [0.2, 0.25) is 0 Å². The Labute approximate surface area is 154 Å². The Hall–Kier alpha value is -3.24. The first kappa shape index (κ1) is 18.5. The maximum atomic E-state index is 12.5. The van der Waals surface area contributed by atoms with Gasteiger partial charge in [-0.1, -0.05) is 24.3 Å². The summed E-state index contributed by atoms with van der Waals surface area (Å²) < 4.78 is 29.4. The number of halogens is 2. The van der Waals surface area contributed by atoms with Crippen LogP contribution in [-0.4, -0.2) is 23.2 Å². The van der Waals surface area contributed by atoms with E-state index in [4.69, 9.17) is 5.11 Å². The first-order valence-electron chi connectivity index (χ1n) is 8.31. The van der Waals surface area contributed by atoms with Crippen LogP contribution in [-0.2, 0) is 13.0 Å². The van der Waals surface area contributed by atoms with Crippen LogP contribution >= 0.6 is 0 Å². The second-order valence-electron chi connectivity index (χ2n) is 5.87. The lowest BCUT2D eigenvalue weighted by molar-refractivity contribution is -0.0497. The van der Waals surface area contributed by atoms with E-state index in [0.29, 0.717) is 35.1 Å².